The number of Topliss-reactive ketones (excluding diaryl/α,β-unsaturated/α-hetero) is 1. The third kappa shape index (κ3) is 5.00. The molecule has 0 bridgehead atoms. The minimum Gasteiger partial charge on any atom is -0.435 e. The van der Waals surface area contributed by atoms with Crippen molar-refractivity contribution in [1.82, 2.24) is 20.2 Å². The molecular weight excluding hydrogens is 256 g/mol. The van der Waals surface area contributed by atoms with Crippen molar-refractivity contribution in [3.05, 3.63) is 5.82 Å². The van der Waals surface area contributed by atoms with Gasteiger partial charge >= 0.3 is 6.16 Å². The van der Waals surface area contributed by atoms with E-state index in [2.05, 4.69) is 20.3 Å². The average molecular weight is 272 g/mol. The molecule has 0 saturated heterocycles. The van der Waals surface area contributed by atoms with Crippen molar-refractivity contribution in [1.29, 1.82) is 0 Å². The lowest BCUT2D eigenvalue weighted by Gasteiger charge is -2.13. The maximum Gasteiger partial charge on any atom is 0.510 e. The second-order valence-electron chi connectivity index (χ2n) is 3.63. The predicted molar refractivity (Wildman–Crippen MR) is 61.0 cm³/mol. The second kappa shape index (κ2) is 7.41. The molecular formula is C10H16N4O5. The lowest BCUT2D eigenvalue weighted by atomic mass is 10.5. The Morgan fingerprint density at radius 3 is 2.79 bits per heavy atom. The van der Waals surface area contributed by atoms with Crippen LogP contribution in [0.15, 0.2) is 0 Å². The smallest absolute Gasteiger partial charge is 0.435 e. The summed E-state index contributed by atoms with van der Waals surface area (Å²) in [4.78, 5) is 21.9. The van der Waals surface area contributed by atoms with Crippen molar-refractivity contribution in [2.24, 2.45) is 0 Å². The first-order chi connectivity index (χ1) is 9.04. The van der Waals surface area contributed by atoms with Crippen LogP contribution >= 0.6 is 0 Å². The van der Waals surface area contributed by atoms with Gasteiger partial charge in [-0.15, -0.1) is 5.10 Å². The number of tetrazole rings is 1. The van der Waals surface area contributed by atoms with E-state index in [4.69, 9.17) is 9.47 Å². The zero-order valence-corrected chi connectivity index (χ0v) is 11.0. The first kappa shape index (κ1) is 15.0. The minimum absolute atomic E-state index is 0.0278. The van der Waals surface area contributed by atoms with Gasteiger partial charge in [-0.05, 0) is 31.2 Å². The minimum atomic E-state index is -0.805. The molecule has 9 heteroatoms. The van der Waals surface area contributed by atoms with E-state index in [0.717, 1.165) is 0 Å². The van der Waals surface area contributed by atoms with Crippen LogP contribution in [0, 0.1) is 0 Å². The number of hydrogen-bond donors (Lipinski definition) is 0. The Hall–Kier alpha value is -2.03. The number of carbonyl (C=O) groups excluding carboxylic acids is 2. The standard InChI is InChI=1S/C10H16N4O5/c1-4-18-10(16)19-8(3)14-9(11-12-13-14)6-17-5-7(2)15/h8H,4-6H2,1-3H3/t8-/m1/s1. The number of ketones is 1. The van der Waals surface area contributed by atoms with Crippen LogP contribution in [-0.4, -0.2) is 45.4 Å². The maximum absolute atomic E-state index is 11.2. The van der Waals surface area contributed by atoms with E-state index in [1.807, 2.05) is 0 Å². The first-order valence-corrected chi connectivity index (χ1v) is 5.72. The number of nitrogens with zero attached hydrogens (tertiary/aromatic N) is 4. The van der Waals surface area contributed by atoms with Crippen LogP contribution < -0.4 is 0 Å². The molecule has 106 valence electrons. The summed E-state index contributed by atoms with van der Waals surface area (Å²) in [6.45, 7) is 4.90. The van der Waals surface area contributed by atoms with E-state index in [1.54, 1.807) is 13.8 Å². The molecule has 0 fully saturated rings. The molecule has 1 atom stereocenters. The fourth-order valence-electron chi connectivity index (χ4n) is 1.22. The van der Waals surface area contributed by atoms with Crippen molar-refractivity contribution in [3.63, 3.8) is 0 Å². The van der Waals surface area contributed by atoms with E-state index >= 15 is 0 Å². The monoisotopic (exact) mass is 272 g/mol. The van der Waals surface area contributed by atoms with Crippen LogP contribution in [0.4, 0.5) is 4.79 Å². The van der Waals surface area contributed by atoms with Gasteiger partial charge in [0, 0.05) is 0 Å². The van der Waals surface area contributed by atoms with Crippen molar-refractivity contribution in [2.45, 2.75) is 33.6 Å². The van der Waals surface area contributed by atoms with Gasteiger partial charge < -0.3 is 14.2 Å². The van der Waals surface area contributed by atoms with E-state index in [0.29, 0.717) is 5.82 Å². The van der Waals surface area contributed by atoms with Crippen LogP contribution in [0.2, 0.25) is 0 Å². The summed E-state index contributed by atoms with van der Waals surface area (Å²) in [5.74, 6) is 0.243. The van der Waals surface area contributed by atoms with Crippen LogP contribution in [0.25, 0.3) is 0 Å². The van der Waals surface area contributed by atoms with Crippen molar-refractivity contribution in [3.8, 4) is 0 Å². The molecule has 0 spiro atoms. The summed E-state index contributed by atoms with van der Waals surface area (Å²) in [6.07, 6.45) is -1.54. The Morgan fingerprint density at radius 2 is 2.16 bits per heavy atom. The highest BCUT2D eigenvalue weighted by atomic mass is 16.7. The summed E-state index contributed by atoms with van der Waals surface area (Å²) < 4.78 is 16.0. The molecule has 0 radical (unpaired) electrons. The molecule has 0 unspecified atom stereocenters. The van der Waals surface area contributed by atoms with Gasteiger partial charge in [-0.25, -0.2) is 4.79 Å². The molecule has 0 aliphatic heterocycles. The van der Waals surface area contributed by atoms with Crippen molar-refractivity contribution < 1.29 is 23.8 Å². The zero-order valence-electron chi connectivity index (χ0n) is 11.0. The third-order valence-corrected chi connectivity index (χ3v) is 1.97. The summed E-state index contributed by atoms with van der Waals surface area (Å²) >= 11 is 0. The van der Waals surface area contributed by atoms with Crippen LogP contribution in [-0.2, 0) is 25.6 Å². The lowest BCUT2D eigenvalue weighted by Crippen LogP contribution is -2.19. The third-order valence-electron chi connectivity index (χ3n) is 1.97. The Morgan fingerprint density at radius 1 is 1.42 bits per heavy atom. The molecule has 0 aromatic carbocycles. The van der Waals surface area contributed by atoms with Crippen molar-refractivity contribution in [2.75, 3.05) is 13.2 Å². The van der Waals surface area contributed by atoms with Gasteiger partial charge in [0.15, 0.2) is 17.8 Å². The Bertz CT molecular complexity index is 433. The van der Waals surface area contributed by atoms with Gasteiger partial charge in [-0.1, -0.05) is 0 Å². The molecule has 0 aliphatic rings. The van der Waals surface area contributed by atoms with Gasteiger partial charge in [-0.3, -0.25) is 4.79 Å². The second-order valence-corrected chi connectivity index (χ2v) is 3.63. The number of ether oxygens (including phenoxy) is 3. The number of carbonyl (C=O) groups is 2. The van der Waals surface area contributed by atoms with Gasteiger partial charge in [0.2, 0.25) is 0 Å². The lowest BCUT2D eigenvalue weighted by molar-refractivity contribution is -0.121. The molecule has 0 amide bonds. The molecule has 19 heavy (non-hydrogen) atoms. The molecule has 1 aromatic heterocycles. The fraction of sp³-hybridized carbons (Fsp3) is 0.700. The fourth-order valence-corrected chi connectivity index (χ4v) is 1.22. The number of hydrogen-bond acceptors (Lipinski definition) is 8. The van der Waals surface area contributed by atoms with E-state index in [9.17, 15) is 9.59 Å². The topological polar surface area (TPSA) is 105 Å². The van der Waals surface area contributed by atoms with Crippen molar-refractivity contribution >= 4 is 11.9 Å². The average Bonchev–Trinajstić information content (AvgIpc) is 2.77. The molecule has 0 aliphatic carbocycles. The maximum atomic E-state index is 11.2. The van der Waals surface area contributed by atoms with E-state index < -0.39 is 12.4 Å². The van der Waals surface area contributed by atoms with Crippen LogP contribution in [0.3, 0.4) is 0 Å². The van der Waals surface area contributed by atoms with Gasteiger partial charge in [0.1, 0.15) is 13.2 Å². The van der Waals surface area contributed by atoms with E-state index in [1.165, 1.54) is 11.6 Å². The molecule has 9 nitrogen and oxygen atoms in total. The molecule has 0 saturated carbocycles. The summed E-state index contributed by atoms with van der Waals surface area (Å²) in [5.41, 5.74) is 0. The molecule has 1 rings (SSSR count). The summed E-state index contributed by atoms with van der Waals surface area (Å²) in [7, 11) is 0. The van der Waals surface area contributed by atoms with Crippen LogP contribution in [0.1, 0.15) is 32.8 Å². The molecule has 1 heterocycles. The Labute approximate surface area is 109 Å². The molecule has 0 N–H and O–H groups in total. The SMILES string of the molecule is CCOC(=O)O[C@H](C)n1nnnc1COCC(C)=O. The summed E-state index contributed by atoms with van der Waals surface area (Å²) in [5, 5.41) is 10.9. The largest absolute Gasteiger partial charge is 0.510 e. The predicted octanol–water partition coefficient (Wildman–Crippen LogP) is 0.470. The number of aromatic nitrogens is 4. The first-order valence-electron chi connectivity index (χ1n) is 5.72. The van der Waals surface area contributed by atoms with Gasteiger partial charge in [-0.2, -0.15) is 4.68 Å². The number of rotatable bonds is 7. The van der Waals surface area contributed by atoms with Gasteiger partial charge in [0.25, 0.3) is 0 Å². The highest BCUT2D eigenvalue weighted by Crippen LogP contribution is 2.09. The highest BCUT2D eigenvalue weighted by molar-refractivity contribution is 5.76. The van der Waals surface area contributed by atoms with E-state index in [-0.39, 0.29) is 25.6 Å². The Kier molecular flexibility index (Phi) is 5.86. The quantitative estimate of drug-likeness (QED) is 0.659. The van der Waals surface area contributed by atoms with Crippen LogP contribution in [0.5, 0.6) is 0 Å². The highest BCUT2D eigenvalue weighted by Gasteiger charge is 2.17. The zero-order chi connectivity index (χ0) is 14.3. The Balaban J connectivity index is 2.55. The normalized spacial score (nSPS) is 11.9. The summed E-state index contributed by atoms with van der Waals surface area (Å²) in [6, 6.07) is 0. The molecule has 1 aromatic rings. The van der Waals surface area contributed by atoms with Gasteiger partial charge in [0.05, 0.1) is 6.61 Å².